The zero-order chi connectivity index (χ0) is 14.2. The van der Waals surface area contributed by atoms with E-state index in [4.69, 9.17) is 9.84 Å². The quantitative estimate of drug-likeness (QED) is 0.861. The van der Waals surface area contributed by atoms with Gasteiger partial charge in [0, 0.05) is 5.56 Å². The highest BCUT2D eigenvalue weighted by molar-refractivity contribution is 5.38. The molecule has 2 nitrogen and oxygen atoms in total. The summed E-state index contributed by atoms with van der Waals surface area (Å²) in [6.07, 6.45) is 1.05. The number of benzene rings is 2. The molecule has 102 valence electrons. The second kappa shape index (κ2) is 7.37. The van der Waals surface area contributed by atoms with Crippen molar-refractivity contribution < 1.29 is 9.84 Å². The average Bonchev–Trinajstić information content (AvgIpc) is 2.52. The van der Waals surface area contributed by atoms with Crippen molar-refractivity contribution in [3.63, 3.8) is 0 Å². The van der Waals surface area contributed by atoms with Crippen molar-refractivity contribution in [3.8, 4) is 17.6 Å². The Kier molecular flexibility index (Phi) is 5.23. The topological polar surface area (TPSA) is 29.5 Å². The Hall–Kier alpha value is -2.24. The van der Waals surface area contributed by atoms with Crippen LogP contribution >= 0.6 is 0 Å². The van der Waals surface area contributed by atoms with E-state index in [9.17, 15) is 0 Å². The Morgan fingerprint density at radius 2 is 1.60 bits per heavy atom. The number of hydrogen-bond acceptors (Lipinski definition) is 2. The van der Waals surface area contributed by atoms with Crippen LogP contribution in [0.1, 0.15) is 23.6 Å². The summed E-state index contributed by atoms with van der Waals surface area (Å²) >= 11 is 0. The second-order valence-electron chi connectivity index (χ2n) is 4.44. The monoisotopic (exact) mass is 266 g/mol. The van der Waals surface area contributed by atoms with Crippen LogP contribution in [-0.4, -0.2) is 11.7 Å². The van der Waals surface area contributed by atoms with Crippen molar-refractivity contribution >= 4 is 0 Å². The molecule has 0 aliphatic heterocycles. The van der Waals surface area contributed by atoms with E-state index >= 15 is 0 Å². The molecule has 1 N–H and O–H groups in total. The molecule has 0 fully saturated rings. The first-order chi connectivity index (χ1) is 9.81. The number of hydrogen-bond donors (Lipinski definition) is 1. The molecule has 2 rings (SSSR count). The predicted octanol–water partition coefficient (Wildman–Crippen LogP) is 3.17. The minimum atomic E-state index is -0.119. The summed E-state index contributed by atoms with van der Waals surface area (Å²) in [5, 5.41) is 8.63. The maximum Gasteiger partial charge on any atom is 0.119 e. The highest BCUT2D eigenvalue weighted by Gasteiger charge is 1.97. The summed E-state index contributed by atoms with van der Waals surface area (Å²) in [6, 6.07) is 16.0. The molecular weight excluding hydrogens is 248 g/mol. The normalized spacial score (nSPS) is 9.70. The molecule has 0 saturated heterocycles. The lowest BCUT2D eigenvalue weighted by Crippen LogP contribution is -1.95. The molecule has 2 heteroatoms. The van der Waals surface area contributed by atoms with E-state index in [0.717, 1.165) is 23.3 Å². The van der Waals surface area contributed by atoms with E-state index < -0.39 is 0 Å². The average molecular weight is 266 g/mol. The smallest absolute Gasteiger partial charge is 0.119 e. The fraction of sp³-hybridized carbons (Fsp3) is 0.222. The van der Waals surface area contributed by atoms with Gasteiger partial charge in [0.2, 0.25) is 0 Å². The summed E-state index contributed by atoms with van der Waals surface area (Å²) < 4.78 is 5.73. The summed E-state index contributed by atoms with van der Waals surface area (Å²) in [5.74, 6) is 6.29. The highest BCUT2D eigenvalue weighted by atomic mass is 16.5. The van der Waals surface area contributed by atoms with Crippen LogP contribution in [0.5, 0.6) is 5.75 Å². The van der Waals surface area contributed by atoms with E-state index in [1.54, 1.807) is 0 Å². The van der Waals surface area contributed by atoms with Crippen LogP contribution in [0.2, 0.25) is 0 Å². The van der Waals surface area contributed by atoms with Gasteiger partial charge in [-0.25, -0.2) is 0 Å². The molecular formula is C18H18O2. The molecule has 0 aromatic heterocycles. The molecule has 0 spiro atoms. The molecule has 0 radical (unpaired) electrons. The maximum atomic E-state index is 8.63. The van der Waals surface area contributed by atoms with Crippen molar-refractivity contribution in [1.29, 1.82) is 0 Å². The Morgan fingerprint density at radius 3 is 2.20 bits per heavy atom. The number of aryl methyl sites for hydroxylation is 1. The van der Waals surface area contributed by atoms with Crippen LogP contribution in [0.4, 0.5) is 0 Å². The fourth-order valence-corrected chi connectivity index (χ4v) is 1.81. The lowest BCUT2D eigenvalue weighted by Gasteiger charge is -2.07. The van der Waals surface area contributed by atoms with Gasteiger partial charge in [-0.05, 0) is 41.8 Å². The summed E-state index contributed by atoms with van der Waals surface area (Å²) in [6.45, 7) is 2.59. The van der Waals surface area contributed by atoms with Gasteiger partial charge in [-0.2, -0.15) is 0 Å². The lowest BCUT2D eigenvalue weighted by molar-refractivity contribution is 0.306. The van der Waals surface area contributed by atoms with Crippen LogP contribution in [0.25, 0.3) is 0 Å². The maximum absolute atomic E-state index is 8.63. The largest absolute Gasteiger partial charge is 0.489 e. The summed E-state index contributed by atoms with van der Waals surface area (Å²) in [7, 11) is 0. The first kappa shape index (κ1) is 14.2. The number of ether oxygens (including phenoxy) is 1. The highest BCUT2D eigenvalue weighted by Crippen LogP contribution is 2.14. The molecule has 0 amide bonds. The minimum absolute atomic E-state index is 0.119. The summed E-state index contributed by atoms with van der Waals surface area (Å²) in [4.78, 5) is 0. The van der Waals surface area contributed by atoms with E-state index in [1.165, 1.54) is 5.56 Å². The van der Waals surface area contributed by atoms with Crippen LogP contribution < -0.4 is 4.74 Å². The Bertz CT molecular complexity index is 586. The van der Waals surface area contributed by atoms with Gasteiger partial charge in [-0.3, -0.25) is 0 Å². The predicted molar refractivity (Wildman–Crippen MR) is 80.6 cm³/mol. The molecule has 20 heavy (non-hydrogen) atoms. The molecule has 2 aromatic rings. The minimum Gasteiger partial charge on any atom is -0.489 e. The fourth-order valence-electron chi connectivity index (χ4n) is 1.81. The first-order valence-corrected chi connectivity index (χ1v) is 6.72. The van der Waals surface area contributed by atoms with Gasteiger partial charge in [0.25, 0.3) is 0 Å². The molecule has 0 atom stereocenters. The SMILES string of the molecule is CCc1ccc(COc2ccc(C#CCO)cc2)cc1. The van der Waals surface area contributed by atoms with Gasteiger partial charge >= 0.3 is 0 Å². The standard InChI is InChI=1S/C18H18O2/c1-2-15-5-7-17(8-6-15)14-20-18-11-9-16(10-12-18)4-3-13-19/h5-12,19H,2,13-14H2,1H3. The number of aliphatic hydroxyl groups excluding tert-OH is 1. The van der Waals surface area contributed by atoms with Gasteiger partial charge in [0.15, 0.2) is 0 Å². The zero-order valence-corrected chi connectivity index (χ0v) is 11.6. The Morgan fingerprint density at radius 1 is 0.950 bits per heavy atom. The zero-order valence-electron chi connectivity index (χ0n) is 11.6. The van der Waals surface area contributed by atoms with Crippen molar-refractivity contribution in [3.05, 3.63) is 65.2 Å². The Labute approximate surface area is 120 Å². The van der Waals surface area contributed by atoms with E-state index in [2.05, 4.69) is 43.0 Å². The van der Waals surface area contributed by atoms with E-state index in [-0.39, 0.29) is 6.61 Å². The lowest BCUT2D eigenvalue weighted by atomic mass is 10.1. The van der Waals surface area contributed by atoms with Crippen LogP contribution in [0, 0.1) is 11.8 Å². The van der Waals surface area contributed by atoms with Crippen LogP contribution in [0.3, 0.4) is 0 Å². The third-order valence-electron chi connectivity index (χ3n) is 3.00. The van der Waals surface area contributed by atoms with Crippen molar-refractivity contribution in [2.24, 2.45) is 0 Å². The molecule has 2 aromatic carbocycles. The first-order valence-electron chi connectivity index (χ1n) is 6.72. The van der Waals surface area contributed by atoms with Crippen molar-refractivity contribution in [1.82, 2.24) is 0 Å². The molecule has 0 saturated carbocycles. The second-order valence-corrected chi connectivity index (χ2v) is 4.44. The summed E-state index contributed by atoms with van der Waals surface area (Å²) in [5.41, 5.74) is 3.37. The van der Waals surface area contributed by atoms with E-state index in [0.29, 0.717) is 6.61 Å². The molecule has 0 aliphatic rings. The van der Waals surface area contributed by atoms with E-state index in [1.807, 2.05) is 24.3 Å². The molecule has 0 aliphatic carbocycles. The van der Waals surface area contributed by atoms with Gasteiger partial charge < -0.3 is 9.84 Å². The van der Waals surface area contributed by atoms with Crippen LogP contribution in [-0.2, 0) is 13.0 Å². The molecule has 0 unspecified atom stereocenters. The van der Waals surface area contributed by atoms with Gasteiger partial charge in [-0.1, -0.05) is 43.0 Å². The van der Waals surface area contributed by atoms with Crippen LogP contribution in [0.15, 0.2) is 48.5 Å². The third-order valence-corrected chi connectivity index (χ3v) is 3.00. The third kappa shape index (κ3) is 4.15. The Balaban J connectivity index is 1.93. The molecule has 0 heterocycles. The molecule has 0 bridgehead atoms. The van der Waals surface area contributed by atoms with Crippen molar-refractivity contribution in [2.75, 3.05) is 6.61 Å². The number of rotatable bonds is 4. The number of aliphatic hydroxyl groups is 1. The van der Waals surface area contributed by atoms with Gasteiger partial charge in [0.05, 0.1) is 0 Å². The van der Waals surface area contributed by atoms with Gasteiger partial charge in [0.1, 0.15) is 19.0 Å². The van der Waals surface area contributed by atoms with Crippen molar-refractivity contribution in [2.45, 2.75) is 20.0 Å². The van der Waals surface area contributed by atoms with Gasteiger partial charge in [-0.15, -0.1) is 0 Å².